The molecule has 1 saturated carbocycles. The number of aromatic nitrogens is 1. The lowest BCUT2D eigenvalue weighted by molar-refractivity contribution is -0.119. The average molecular weight is 433 g/mol. The van der Waals surface area contributed by atoms with Gasteiger partial charge in [0.25, 0.3) is 0 Å². The highest BCUT2D eigenvalue weighted by molar-refractivity contribution is 5.94. The number of hydrogen-bond donors (Lipinski definition) is 2. The molecular formula is C28H33FN2O. The largest absolute Gasteiger partial charge is 0.356 e. The van der Waals surface area contributed by atoms with Gasteiger partial charge < -0.3 is 10.3 Å². The number of benzene rings is 2. The molecule has 1 fully saturated rings. The van der Waals surface area contributed by atoms with Gasteiger partial charge in [-0.25, -0.2) is 4.39 Å². The molecule has 2 N–H and O–H groups in total. The Morgan fingerprint density at radius 1 is 1.19 bits per heavy atom. The van der Waals surface area contributed by atoms with Gasteiger partial charge in [0.2, 0.25) is 5.91 Å². The molecule has 0 spiro atoms. The number of rotatable bonds is 3. The number of fused-ring (bicyclic) bond motifs is 8. The third kappa shape index (κ3) is 3.02. The van der Waals surface area contributed by atoms with Crippen molar-refractivity contribution in [3.05, 3.63) is 58.9 Å². The molecule has 3 atom stereocenters. The summed E-state index contributed by atoms with van der Waals surface area (Å²) in [4.78, 5) is 15.5. The highest BCUT2D eigenvalue weighted by Crippen LogP contribution is 2.64. The van der Waals surface area contributed by atoms with Gasteiger partial charge in [-0.1, -0.05) is 46.2 Å². The Kier molecular flexibility index (Phi) is 4.77. The Balaban J connectivity index is 1.83. The summed E-state index contributed by atoms with van der Waals surface area (Å²) in [5.41, 5.74) is 7.08. The van der Waals surface area contributed by atoms with Crippen molar-refractivity contribution in [2.45, 2.75) is 71.1 Å². The summed E-state index contributed by atoms with van der Waals surface area (Å²) in [5, 5.41) is 4.09. The van der Waals surface area contributed by atoms with E-state index >= 15 is 0 Å². The normalized spacial score (nSPS) is 26.5. The molecule has 0 bridgehead atoms. The molecule has 0 aliphatic heterocycles. The summed E-state index contributed by atoms with van der Waals surface area (Å²) in [6.07, 6.45) is 3.23. The number of aromatic amines is 1. The van der Waals surface area contributed by atoms with Gasteiger partial charge in [-0.05, 0) is 65.1 Å². The van der Waals surface area contributed by atoms with E-state index in [0.717, 1.165) is 35.9 Å². The molecular weight excluding hydrogens is 399 g/mol. The van der Waals surface area contributed by atoms with Gasteiger partial charge in [-0.3, -0.25) is 4.79 Å². The Hall–Kier alpha value is -2.62. The van der Waals surface area contributed by atoms with Crippen molar-refractivity contribution in [3.63, 3.8) is 0 Å². The van der Waals surface area contributed by atoms with Crippen LogP contribution >= 0.6 is 0 Å². The second kappa shape index (κ2) is 7.19. The van der Waals surface area contributed by atoms with Crippen LogP contribution in [0.5, 0.6) is 0 Å². The van der Waals surface area contributed by atoms with Crippen LogP contribution in [-0.2, 0) is 10.2 Å². The fourth-order valence-corrected chi connectivity index (χ4v) is 6.71. The van der Waals surface area contributed by atoms with Crippen molar-refractivity contribution in [1.29, 1.82) is 0 Å². The van der Waals surface area contributed by atoms with Crippen LogP contribution in [0.1, 0.15) is 82.4 Å². The van der Waals surface area contributed by atoms with Gasteiger partial charge in [0.05, 0.1) is 5.69 Å². The van der Waals surface area contributed by atoms with E-state index in [2.05, 4.69) is 56.2 Å². The van der Waals surface area contributed by atoms with Crippen molar-refractivity contribution < 1.29 is 9.18 Å². The minimum absolute atomic E-state index is 0.00137. The van der Waals surface area contributed by atoms with Crippen LogP contribution in [0.15, 0.2) is 36.4 Å². The summed E-state index contributed by atoms with van der Waals surface area (Å²) in [6.45, 7) is 11.4. The maximum Gasteiger partial charge on any atom is 0.216 e. The van der Waals surface area contributed by atoms with Gasteiger partial charge in [-0.2, -0.15) is 0 Å². The molecule has 1 heterocycles. The third-order valence-corrected chi connectivity index (χ3v) is 8.20. The quantitative estimate of drug-likeness (QED) is 0.471. The van der Waals surface area contributed by atoms with Crippen molar-refractivity contribution >= 4 is 16.8 Å². The van der Waals surface area contributed by atoms with E-state index in [1.807, 2.05) is 6.07 Å². The minimum Gasteiger partial charge on any atom is -0.356 e. The monoisotopic (exact) mass is 432 g/mol. The molecule has 0 unspecified atom stereocenters. The Labute approximate surface area is 189 Å². The molecule has 0 radical (unpaired) electrons. The first-order chi connectivity index (χ1) is 15.1. The summed E-state index contributed by atoms with van der Waals surface area (Å²) >= 11 is 0. The van der Waals surface area contributed by atoms with Gasteiger partial charge in [0.15, 0.2) is 0 Å². The number of amides is 1. The Bertz CT molecular complexity index is 1230. The van der Waals surface area contributed by atoms with Crippen LogP contribution in [0.3, 0.4) is 0 Å². The van der Waals surface area contributed by atoms with E-state index in [1.165, 1.54) is 28.3 Å². The number of nitrogens with one attached hydrogen (secondary N) is 2. The van der Waals surface area contributed by atoms with Crippen LogP contribution in [0.4, 0.5) is 4.39 Å². The van der Waals surface area contributed by atoms with E-state index < -0.39 is 0 Å². The lowest BCUT2D eigenvalue weighted by Gasteiger charge is -2.55. The summed E-state index contributed by atoms with van der Waals surface area (Å²) in [5.74, 6) is 0.412. The molecule has 2 aliphatic rings. The van der Waals surface area contributed by atoms with Gasteiger partial charge >= 0.3 is 0 Å². The molecule has 5 rings (SSSR count). The first-order valence-corrected chi connectivity index (χ1v) is 11.8. The molecule has 1 amide bonds. The van der Waals surface area contributed by atoms with E-state index in [-0.39, 0.29) is 28.5 Å². The average Bonchev–Trinajstić information content (AvgIpc) is 3.10. The zero-order chi connectivity index (χ0) is 22.8. The van der Waals surface area contributed by atoms with Crippen molar-refractivity contribution in [2.24, 2.45) is 5.41 Å². The van der Waals surface area contributed by atoms with Crippen LogP contribution in [0, 0.1) is 11.2 Å². The highest BCUT2D eigenvalue weighted by Gasteiger charge is 2.54. The maximum absolute atomic E-state index is 14.4. The minimum atomic E-state index is -0.206. The molecule has 2 aliphatic carbocycles. The SMILES string of the molecule is CC(=O)NC[C@]1(C)CCC[C@]2(C)c3ccc(C(C)C)cc3-c3[nH]c4ccc(F)cc4c3[C@@H]12. The predicted molar refractivity (Wildman–Crippen MR) is 129 cm³/mol. The third-order valence-electron chi connectivity index (χ3n) is 8.20. The smallest absolute Gasteiger partial charge is 0.216 e. The molecule has 3 aromatic rings. The molecule has 2 aromatic carbocycles. The summed E-state index contributed by atoms with van der Waals surface area (Å²) in [7, 11) is 0. The lowest BCUT2D eigenvalue weighted by atomic mass is 9.49. The second-order valence-electron chi connectivity index (χ2n) is 10.8. The number of carbonyl (C=O) groups excluding carboxylic acids is 1. The van der Waals surface area contributed by atoms with E-state index in [9.17, 15) is 9.18 Å². The van der Waals surface area contributed by atoms with Crippen molar-refractivity contribution in [1.82, 2.24) is 10.3 Å². The fraction of sp³-hybridized carbons (Fsp3) is 0.464. The van der Waals surface area contributed by atoms with Gasteiger partial charge in [0, 0.05) is 41.3 Å². The first-order valence-electron chi connectivity index (χ1n) is 11.8. The van der Waals surface area contributed by atoms with Crippen molar-refractivity contribution in [3.8, 4) is 11.3 Å². The van der Waals surface area contributed by atoms with Gasteiger partial charge in [-0.15, -0.1) is 0 Å². The Morgan fingerprint density at radius 2 is 1.97 bits per heavy atom. The van der Waals surface area contributed by atoms with E-state index in [0.29, 0.717) is 12.5 Å². The molecule has 1 aromatic heterocycles. The molecule has 4 heteroatoms. The van der Waals surface area contributed by atoms with Crippen LogP contribution in [-0.4, -0.2) is 17.4 Å². The lowest BCUT2D eigenvalue weighted by Crippen LogP contribution is -2.51. The summed E-state index contributed by atoms with van der Waals surface area (Å²) < 4.78 is 14.4. The maximum atomic E-state index is 14.4. The first kappa shape index (κ1) is 21.2. The Morgan fingerprint density at radius 3 is 2.69 bits per heavy atom. The molecule has 32 heavy (non-hydrogen) atoms. The molecule has 0 saturated heterocycles. The van der Waals surface area contributed by atoms with Crippen LogP contribution < -0.4 is 5.32 Å². The van der Waals surface area contributed by atoms with Crippen LogP contribution in [0.25, 0.3) is 22.2 Å². The molecule has 3 nitrogen and oxygen atoms in total. The standard InChI is InChI=1S/C28H33FN2O/c1-16(2)18-7-9-22-20(13-18)25-24(21-14-19(29)8-10-23(21)31-25)26-27(4,15-30-17(3)32)11-6-12-28(22,26)5/h7-10,13-14,16,26,31H,6,11-12,15H2,1-5H3,(H,30,32)/t26-,27-,28+/m0/s1. The van der Waals surface area contributed by atoms with Crippen molar-refractivity contribution in [2.75, 3.05) is 6.54 Å². The highest BCUT2D eigenvalue weighted by atomic mass is 19.1. The summed E-state index contributed by atoms with van der Waals surface area (Å²) in [6, 6.07) is 12.0. The topological polar surface area (TPSA) is 44.9 Å². The number of halogens is 1. The number of hydrogen-bond acceptors (Lipinski definition) is 1. The van der Waals surface area contributed by atoms with Crippen LogP contribution in [0.2, 0.25) is 0 Å². The predicted octanol–water partition coefficient (Wildman–Crippen LogP) is 6.78. The van der Waals surface area contributed by atoms with Gasteiger partial charge in [0.1, 0.15) is 5.82 Å². The number of carbonyl (C=O) groups is 1. The number of H-pyrrole nitrogens is 1. The zero-order valence-corrected chi connectivity index (χ0v) is 19.7. The second-order valence-corrected chi connectivity index (χ2v) is 10.8. The zero-order valence-electron chi connectivity index (χ0n) is 19.7. The fourth-order valence-electron chi connectivity index (χ4n) is 6.71. The molecule has 168 valence electrons. The van der Waals surface area contributed by atoms with E-state index in [1.54, 1.807) is 13.0 Å². The van der Waals surface area contributed by atoms with E-state index in [4.69, 9.17) is 0 Å².